The number of hydrogen-bond acceptors (Lipinski definition) is 4. The van der Waals surface area contributed by atoms with Crippen molar-refractivity contribution in [2.45, 2.75) is 25.3 Å². The van der Waals surface area contributed by atoms with Gasteiger partial charge in [0, 0.05) is 18.6 Å². The molecular formula is C16H13N5O2. The summed E-state index contributed by atoms with van der Waals surface area (Å²) in [5.74, 6) is -0.450. The van der Waals surface area contributed by atoms with Gasteiger partial charge in [-0.25, -0.2) is 9.78 Å². The summed E-state index contributed by atoms with van der Waals surface area (Å²) < 4.78 is 3.40. The topological polar surface area (TPSA) is 96.2 Å². The van der Waals surface area contributed by atoms with E-state index in [0.29, 0.717) is 23.7 Å². The third-order valence-corrected chi connectivity index (χ3v) is 4.00. The molecule has 0 aliphatic heterocycles. The molecule has 7 heteroatoms. The third-order valence-electron chi connectivity index (χ3n) is 4.00. The van der Waals surface area contributed by atoms with E-state index in [1.165, 1.54) is 35.5 Å². The normalized spacial score (nSPS) is 14.0. The monoisotopic (exact) mass is 307 g/mol. The van der Waals surface area contributed by atoms with Crippen LogP contribution in [0.25, 0.3) is 5.65 Å². The Balaban J connectivity index is 1.70. The van der Waals surface area contributed by atoms with E-state index in [1.807, 2.05) is 22.9 Å². The van der Waals surface area contributed by atoms with Crippen molar-refractivity contribution in [3.8, 4) is 6.07 Å². The summed E-state index contributed by atoms with van der Waals surface area (Å²) in [4.78, 5) is 15.4. The first-order valence-electron chi connectivity index (χ1n) is 7.31. The van der Waals surface area contributed by atoms with Gasteiger partial charge in [0.2, 0.25) is 0 Å². The van der Waals surface area contributed by atoms with Crippen molar-refractivity contribution in [3.05, 3.63) is 53.2 Å². The number of aromatic nitrogens is 4. The molecule has 0 bridgehead atoms. The second-order valence-corrected chi connectivity index (χ2v) is 5.77. The molecule has 1 N–H and O–H groups in total. The molecule has 1 saturated carbocycles. The number of hydrogen-bond donors (Lipinski definition) is 1. The molecule has 0 saturated heterocycles. The molecule has 0 unspecified atom stereocenters. The van der Waals surface area contributed by atoms with Gasteiger partial charge in [-0.3, -0.25) is 4.68 Å². The predicted molar refractivity (Wildman–Crippen MR) is 80.2 cm³/mol. The zero-order valence-corrected chi connectivity index (χ0v) is 12.2. The molecule has 1 aliphatic carbocycles. The summed E-state index contributed by atoms with van der Waals surface area (Å²) in [6.07, 6.45) is 9.00. The Morgan fingerprint density at radius 1 is 1.39 bits per heavy atom. The second-order valence-electron chi connectivity index (χ2n) is 5.77. The number of fused-ring (bicyclic) bond motifs is 1. The molecule has 3 aromatic rings. The van der Waals surface area contributed by atoms with Gasteiger partial charge in [0.05, 0.1) is 29.6 Å². The van der Waals surface area contributed by atoms with Gasteiger partial charge in [-0.15, -0.1) is 0 Å². The van der Waals surface area contributed by atoms with Gasteiger partial charge in [-0.1, -0.05) is 0 Å². The summed E-state index contributed by atoms with van der Waals surface area (Å²) in [6, 6.07) is 4.12. The highest BCUT2D eigenvalue weighted by molar-refractivity contribution is 5.86. The van der Waals surface area contributed by atoms with E-state index in [0.717, 1.165) is 5.69 Å². The van der Waals surface area contributed by atoms with Crippen LogP contribution < -0.4 is 0 Å². The van der Waals surface area contributed by atoms with E-state index in [4.69, 9.17) is 5.11 Å². The highest BCUT2D eigenvalue weighted by Crippen LogP contribution is 2.40. The number of aromatic carboxylic acids is 1. The first kappa shape index (κ1) is 13.5. The molecule has 0 amide bonds. The Bertz CT molecular complexity index is 959. The summed E-state index contributed by atoms with van der Waals surface area (Å²) in [5, 5.41) is 22.3. The zero-order valence-electron chi connectivity index (χ0n) is 12.2. The molecule has 23 heavy (non-hydrogen) atoms. The van der Waals surface area contributed by atoms with Crippen molar-refractivity contribution < 1.29 is 9.90 Å². The Morgan fingerprint density at radius 3 is 2.87 bits per heavy atom. The van der Waals surface area contributed by atoms with Gasteiger partial charge in [0.15, 0.2) is 5.65 Å². The van der Waals surface area contributed by atoms with Crippen LogP contribution in [0.3, 0.4) is 0 Å². The maximum atomic E-state index is 10.9. The minimum absolute atomic E-state index is 0.141. The standard InChI is InChI=1S/C16H13N5O2/c17-4-11-3-12(10-1-2-10)6-20-8-14(19-15(11)20)9-21-7-13(5-18-21)16(22)23/h3,5-8,10H,1-2,9H2,(H,22,23). The SMILES string of the molecule is N#Cc1cc(C2CC2)cn2cc(Cn3cc(C(=O)O)cn3)nc12. The van der Waals surface area contributed by atoms with Crippen LogP contribution in [-0.2, 0) is 6.54 Å². The summed E-state index contributed by atoms with van der Waals surface area (Å²) in [7, 11) is 0. The van der Waals surface area contributed by atoms with Crippen LogP contribution in [0.5, 0.6) is 0 Å². The van der Waals surface area contributed by atoms with E-state index in [-0.39, 0.29) is 5.56 Å². The van der Waals surface area contributed by atoms with Crippen molar-refractivity contribution in [1.29, 1.82) is 5.26 Å². The maximum Gasteiger partial charge on any atom is 0.338 e. The lowest BCUT2D eigenvalue weighted by Crippen LogP contribution is -2.00. The maximum absolute atomic E-state index is 10.9. The summed E-state index contributed by atoms with van der Waals surface area (Å²) >= 11 is 0. The molecular weight excluding hydrogens is 294 g/mol. The number of pyridine rings is 1. The average molecular weight is 307 g/mol. The van der Waals surface area contributed by atoms with Crippen LogP contribution in [0.1, 0.15) is 45.9 Å². The summed E-state index contributed by atoms with van der Waals surface area (Å²) in [6.45, 7) is 0.360. The van der Waals surface area contributed by atoms with E-state index in [2.05, 4.69) is 16.2 Å². The minimum Gasteiger partial charge on any atom is -0.478 e. The molecule has 0 radical (unpaired) electrons. The molecule has 0 aromatic carbocycles. The molecule has 4 rings (SSSR count). The fourth-order valence-corrected chi connectivity index (χ4v) is 2.70. The number of nitrogens with zero attached hydrogens (tertiary/aromatic N) is 5. The highest BCUT2D eigenvalue weighted by atomic mass is 16.4. The number of carbonyl (C=O) groups is 1. The average Bonchev–Trinajstić information content (AvgIpc) is 3.14. The van der Waals surface area contributed by atoms with E-state index in [1.54, 1.807) is 0 Å². The molecule has 0 atom stereocenters. The van der Waals surface area contributed by atoms with Gasteiger partial charge in [-0.05, 0) is 30.4 Å². The number of nitriles is 1. The molecule has 7 nitrogen and oxygen atoms in total. The van der Waals surface area contributed by atoms with Crippen LogP contribution in [-0.4, -0.2) is 30.2 Å². The number of rotatable bonds is 4. The van der Waals surface area contributed by atoms with Gasteiger partial charge in [0.1, 0.15) is 6.07 Å². The Labute approximate surface area is 131 Å². The van der Waals surface area contributed by atoms with E-state index < -0.39 is 5.97 Å². The van der Waals surface area contributed by atoms with Crippen LogP contribution in [0.4, 0.5) is 0 Å². The second kappa shape index (κ2) is 4.95. The zero-order chi connectivity index (χ0) is 16.0. The van der Waals surface area contributed by atoms with Crippen molar-refractivity contribution in [1.82, 2.24) is 19.2 Å². The number of carboxylic acid groups (broad SMARTS) is 1. The minimum atomic E-state index is -1.01. The molecule has 3 heterocycles. The van der Waals surface area contributed by atoms with Crippen molar-refractivity contribution >= 4 is 11.6 Å². The van der Waals surface area contributed by atoms with Crippen molar-refractivity contribution in [3.63, 3.8) is 0 Å². The fourth-order valence-electron chi connectivity index (χ4n) is 2.70. The molecule has 1 fully saturated rings. The van der Waals surface area contributed by atoms with Crippen LogP contribution in [0, 0.1) is 11.3 Å². The van der Waals surface area contributed by atoms with Gasteiger partial charge < -0.3 is 9.51 Å². The Hall–Kier alpha value is -3.14. The first-order chi connectivity index (χ1) is 11.1. The summed E-state index contributed by atoms with van der Waals surface area (Å²) in [5.41, 5.74) is 3.23. The lowest BCUT2D eigenvalue weighted by molar-refractivity contribution is 0.0697. The first-order valence-corrected chi connectivity index (χ1v) is 7.31. The predicted octanol–water partition coefficient (Wildman–Crippen LogP) is 2.03. The van der Waals surface area contributed by atoms with E-state index in [9.17, 15) is 10.1 Å². The quantitative estimate of drug-likeness (QED) is 0.795. The lowest BCUT2D eigenvalue weighted by atomic mass is 10.1. The Kier molecular flexibility index (Phi) is 2.91. The number of carboxylic acids is 1. The smallest absolute Gasteiger partial charge is 0.338 e. The fraction of sp³-hybridized carbons (Fsp3) is 0.250. The van der Waals surface area contributed by atoms with Crippen molar-refractivity contribution in [2.24, 2.45) is 0 Å². The number of imidazole rings is 1. The van der Waals surface area contributed by atoms with Gasteiger partial charge in [-0.2, -0.15) is 10.4 Å². The van der Waals surface area contributed by atoms with Gasteiger partial charge >= 0.3 is 5.97 Å². The molecule has 114 valence electrons. The molecule has 1 aliphatic rings. The van der Waals surface area contributed by atoms with Crippen LogP contribution in [0.15, 0.2) is 30.9 Å². The van der Waals surface area contributed by atoms with Crippen LogP contribution >= 0.6 is 0 Å². The highest BCUT2D eigenvalue weighted by Gasteiger charge is 2.25. The Morgan fingerprint density at radius 2 is 2.22 bits per heavy atom. The van der Waals surface area contributed by atoms with Crippen molar-refractivity contribution in [2.75, 3.05) is 0 Å². The molecule has 0 spiro atoms. The lowest BCUT2D eigenvalue weighted by Gasteiger charge is -2.01. The largest absolute Gasteiger partial charge is 0.478 e. The van der Waals surface area contributed by atoms with E-state index >= 15 is 0 Å². The third kappa shape index (κ3) is 2.44. The van der Waals surface area contributed by atoms with Crippen LogP contribution in [0.2, 0.25) is 0 Å². The molecule has 3 aromatic heterocycles. The van der Waals surface area contributed by atoms with Gasteiger partial charge in [0.25, 0.3) is 0 Å².